The highest BCUT2D eigenvalue weighted by atomic mass is 35.5. The summed E-state index contributed by atoms with van der Waals surface area (Å²) < 4.78 is 0. The molecule has 174 valence electrons. The number of aromatic nitrogens is 2. The minimum atomic E-state index is -0.436. The van der Waals surface area contributed by atoms with E-state index in [1.807, 2.05) is 6.07 Å². The Morgan fingerprint density at radius 2 is 1.53 bits per heavy atom. The molecule has 2 amide bonds. The highest BCUT2D eigenvalue weighted by Gasteiger charge is 2.35. The van der Waals surface area contributed by atoms with E-state index in [9.17, 15) is 9.59 Å². The van der Waals surface area contributed by atoms with Gasteiger partial charge in [-0.25, -0.2) is 9.97 Å². The van der Waals surface area contributed by atoms with E-state index in [1.54, 1.807) is 41.6 Å². The molecule has 0 spiro atoms. The van der Waals surface area contributed by atoms with Crippen molar-refractivity contribution in [3.63, 3.8) is 0 Å². The van der Waals surface area contributed by atoms with Gasteiger partial charge in [0.1, 0.15) is 0 Å². The molecule has 0 saturated carbocycles. The van der Waals surface area contributed by atoms with Gasteiger partial charge in [0.2, 0.25) is 17.8 Å². The number of anilines is 4. The Kier molecular flexibility index (Phi) is 6.31. The van der Waals surface area contributed by atoms with Gasteiger partial charge in [-0.15, -0.1) is 0 Å². The van der Waals surface area contributed by atoms with Crippen LogP contribution < -0.4 is 20.0 Å². The molecule has 2 aromatic carbocycles. The Bertz CT molecular complexity index is 1150. The Labute approximate surface area is 203 Å². The monoisotopic (exact) mass is 476 g/mol. The minimum absolute atomic E-state index is 0.0799. The Morgan fingerprint density at radius 1 is 0.882 bits per heavy atom. The SMILES string of the molecule is O=C(Nc1cnc(N2CCN(c3ccccc3)CC2)nc1)C1CC(=O)N(c2ccc(Cl)cc2)C1. The van der Waals surface area contributed by atoms with E-state index in [2.05, 4.69) is 49.4 Å². The number of nitrogens with zero attached hydrogens (tertiary/aromatic N) is 5. The molecule has 9 heteroatoms. The molecule has 1 atom stereocenters. The number of hydrogen-bond donors (Lipinski definition) is 1. The molecule has 1 N–H and O–H groups in total. The van der Waals surface area contributed by atoms with Crippen LogP contribution in [0.15, 0.2) is 67.0 Å². The van der Waals surface area contributed by atoms with Crippen molar-refractivity contribution in [2.45, 2.75) is 6.42 Å². The van der Waals surface area contributed by atoms with E-state index < -0.39 is 5.92 Å². The van der Waals surface area contributed by atoms with Crippen LogP contribution in [0.2, 0.25) is 5.02 Å². The van der Waals surface area contributed by atoms with Crippen LogP contribution in [0.25, 0.3) is 0 Å². The van der Waals surface area contributed by atoms with Gasteiger partial charge in [0.05, 0.1) is 24.0 Å². The summed E-state index contributed by atoms with van der Waals surface area (Å²) in [6, 6.07) is 17.4. The van der Waals surface area contributed by atoms with E-state index in [-0.39, 0.29) is 18.2 Å². The predicted octanol–water partition coefficient (Wildman–Crippen LogP) is 3.45. The molecule has 2 aliphatic rings. The fraction of sp³-hybridized carbons (Fsp3) is 0.280. The Morgan fingerprint density at radius 3 is 2.21 bits per heavy atom. The molecule has 0 aliphatic carbocycles. The van der Waals surface area contributed by atoms with Gasteiger partial charge in [-0.1, -0.05) is 29.8 Å². The number of carbonyl (C=O) groups is 2. The van der Waals surface area contributed by atoms with E-state index in [1.165, 1.54) is 5.69 Å². The number of rotatable bonds is 5. The van der Waals surface area contributed by atoms with Crippen molar-refractivity contribution in [2.75, 3.05) is 52.7 Å². The van der Waals surface area contributed by atoms with Gasteiger partial charge in [0.25, 0.3) is 0 Å². The minimum Gasteiger partial charge on any atom is -0.368 e. The summed E-state index contributed by atoms with van der Waals surface area (Å²) in [6.07, 6.45) is 3.41. The van der Waals surface area contributed by atoms with Gasteiger partial charge in [0, 0.05) is 55.5 Å². The standard InChI is InChI=1S/C25H25ClN6O2/c26-19-6-8-22(9-7-19)32-17-18(14-23(32)33)24(34)29-20-15-27-25(28-16-20)31-12-10-30(11-13-31)21-4-2-1-3-5-21/h1-9,15-16,18H,10-14,17H2,(H,29,34). The lowest BCUT2D eigenvalue weighted by molar-refractivity contribution is -0.122. The summed E-state index contributed by atoms with van der Waals surface area (Å²) in [5.41, 5.74) is 2.49. The molecule has 1 unspecified atom stereocenters. The van der Waals surface area contributed by atoms with Gasteiger partial charge in [-0.3, -0.25) is 9.59 Å². The molecular formula is C25H25ClN6O2. The summed E-state index contributed by atoms with van der Waals surface area (Å²) in [6.45, 7) is 3.77. The van der Waals surface area contributed by atoms with Gasteiger partial charge < -0.3 is 20.0 Å². The van der Waals surface area contributed by atoms with Crippen LogP contribution in [0.1, 0.15) is 6.42 Å². The lowest BCUT2D eigenvalue weighted by atomic mass is 10.1. The summed E-state index contributed by atoms with van der Waals surface area (Å²) in [7, 11) is 0. The van der Waals surface area contributed by atoms with Crippen LogP contribution in [0.3, 0.4) is 0 Å². The van der Waals surface area contributed by atoms with Crippen LogP contribution in [0.5, 0.6) is 0 Å². The van der Waals surface area contributed by atoms with Crippen LogP contribution in [-0.4, -0.2) is 54.5 Å². The molecule has 34 heavy (non-hydrogen) atoms. The normalized spacial score (nSPS) is 18.3. The molecule has 2 fully saturated rings. The predicted molar refractivity (Wildman–Crippen MR) is 133 cm³/mol. The van der Waals surface area contributed by atoms with Crippen molar-refractivity contribution in [3.8, 4) is 0 Å². The number of carbonyl (C=O) groups excluding carboxylic acids is 2. The second-order valence-electron chi connectivity index (χ2n) is 8.45. The van der Waals surface area contributed by atoms with Crippen LogP contribution in [0, 0.1) is 5.92 Å². The largest absolute Gasteiger partial charge is 0.368 e. The fourth-order valence-corrected chi connectivity index (χ4v) is 4.48. The molecular weight excluding hydrogens is 452 g/mol. The van der Waals surface area contributed by atoms with Gasteiger partial charge in [-0.05, 0) is 36.4 Å². The second-order valence-corrected chi connectivity index (χ2v) is 8.89. The number of nitrogens with one attached hydrogen (secondary N) is 1. The second kappa shape index (κ2) is 9.69. The third-order valence-corrected chi connectivity index (χ3v) is 6.48. The van der Waals surface area contributed by atoms with Crippen molar-refractivity contribution < 1.29 is 9.59 Å². The third kappa shape index (κ3) is 4.82. The van der Waals surface area contributed by atoms with E-state index in [0.717, 1.165) is 31.9 Å². The van der Waals surface area contributed by atoms with Crippen molar-refractivity contribution in [2.24, 2.45) is 5.92 Å². The molecule has 3 aromatic rings. The zero-order valence-electron chi connectivity index (χ0n) is 18.6. The third-order valence-electron chi connectivity index (χ3n) is 6.22. The maximum atomic E-state index is 12.8. The zero-order valence-corrected chi connectivity index (χ0v) is 19.4. The van der Waals surface area contributed by atoms with Crippen LogP contribution in [0.4, 0.5) is 23.0 Å². The lowest BCUT2D eigenvalue weighted by Crippen LogP contribution is -2.47. The summed E-state index contributed by atoms with van der Waals surface area (Å²) in [5, 5.41) is 3.46. The molecule has 0 radical (unpaired) electrons. The number of amides is 2. The number of para-hydroxylation sites is 1. The quantitative estimate of drug-likeness (QED) is 0.607. The summed E-state index contributed by atoms with van der Waals surface area (Å²) >= 11 is 5.93. The Balaban J connectivity index is 1.15. The molecule has 3 heterocycles. The molecule has 5 rings (SSSR count). The number of benzene rings is 2. The highest BCUT2D eigenvalue weighted by molar-refractivity contribution is 6.30. The average molecular weight is 477 g/mol. The average Bonchev–Trinajstić information content (AvgIpc) is 3.27. The molecule has 2 saturated heterocycles. The first kappa shape index (κ1) is 22.2. The van der Waals surface area contributed by atoms with E-state index in [0.29, 0.717) is 23.2 Å². The maximum Gasteiger partial charge on any atom is 0.229 e. The molecule has 0 bridgehead atoms. The van der Waals surface area contributed by atoms with E-state index in [4.69, 9.17) is 11.6 Å². The van der Waals surface area contributed by atoms with Crippen molar-refractivity contribution in [1.29, 1.82) is 0 Å². The smallest absolute Gasteiger partial charge is 0.229 e. The van der Waals surface area contributed by atoms with Crippen molar-refractivity contribution in [3.05, 3.63) is 72.0 Å². The van der Waals surface area contributed by atoms with E-state index >= 15 is 0 Å². The number of halogens is 1. The fourth-order valence-electron chi connectivity index (χ4n) is 4.35. The first-order valence-corrected chi connectivity index (χ1v) is 11.7. The Hall–Kier alpha value is -3.65. The van der Waals surface area contributed by atoms with Crippen LogP contribution in [-0.2, 0) is 9.59 Å². The number of hydrogen-bond acceptors (Lipinski definition) is 6. The van der Waals surface area contributed by atoms with Gasteiger partial charge in [-0.2, -0.15) is 0 Å². The summed E-state index contributed by atoms with van der Waals surface area (Å²) in [4.78, 5) is 40.2. The molecule has 1 aromatic heterocycles. The van der Waals surface area contributed by atoms with Crippen molar-refractivity contribution >= 4 is 46.4 Å². The number of piperazine rings is 1. The highest BCUT2D eigenvalue weighted by Crippen LogP contribution is 2.27. The molecule has 8 nitrogen and oxygen atoms in total. The maximum absolute atomic E-state index is 12.8. The summed E-state index contributed by atoms with van der Waals surface area (Å²) in [5.74, 6) is -0.0778. The van der Waals surface area contributed by atoms with Crippen molar-refractivity contribution in [1.82, 2.24) is 9.97 Å². The van der Waals surface area contributed by atoms with Gasteiger partial charge in [0.15, 0.2) is 0 Å². The lowest BCUT2D eigenvalue weighted by Gasteiger charge is -2.36. The molecule has 2 aliphatic heterocycles. The first-order valence-electron chi connectivity index (χ1n) is 11.3. The zero-order chi connectivity index (χ0) is 23.5. The van der Waals surface area contributed by atoms with Crippen LogP contribution >= 0.6 is 11.6 Å². The van der Waals surface area contributed by atoms with Gasteiger partial charge >= 0.3 is 0 Å². The first-order chi connectivity index (χ1) is 16.6. The topological polar surface area (TPSA) is 81.7 Å².